The number of hydrogen-bond donors (Lipinski definition) is 0. The predicted molar refractivity (Wildman–Crippen MR) is 93.3 cm³/mol. The van der Waals surface area contributed by atoms with E-state index in [0.717, 1.165) is 25.8 Å². The molecule has 0 spiro atoms. The summed E-state index contributed by atoms with van der Waals surface area (Å²) in [7, 11) is 1.61. The van der Waals surface area contributed by atoms with E-state index in [-0.39, 0.29) is 0 Å². The molecule has 0 unspecified atom stereocenters. The molecule has 0 aliphatic rings. The van der Waals surface area contributed by atoms with E-state index < -0.39 is 0 Å². The predicted octanol–water partition coefficient (Wildman–Crippen LogP) is 5.94. The van der Waals surface area contributed by atoms with Crippen LogP contribution in [-0.4, -0.2) is 7.11 Å². The Labute approximate surface area is 145 Å². The largest absolute Gasteiger partial charge is 0.494 e. The summed E-state index contributed by atoms with van der Waals surface area (Å²) in [5.41, 5.74) is 2.28. The van der Waals surface area contributed by atoms with Crippen LogP contribution in [0.25, 0.3) is 11.6 Å². The van der Waals surface area contributed by atoms with Crippen molar-refractivity contribution in [1.82, 2.24) is 0 Å². The molecule has 0 bridgehead atoms. The van der Waals surface area contributed by atoms with Crippen LogP contribution in [0.4, 0.5) is 0 Å². The molecule has 0 aliphatic carbocycles. The highest BCUT2D eigenvalue weighted by molar-refractivity contribution is 9.11. The third-order valence-corrected chi connectivity index (χ3v) is 4.24. The van der Waals surface area contributed by atoms with Crippen molar-refractivity contribution in [3.8, 4) is 11.8 Å². The van der Waals surface area contributed by atoms with Crippen LogP contribution < -0.4 is 4.74 Å². The highest BCUT2D eigenvalue weighted by atomic mass is 79.9. The summed E-state index contributed by atoms with van der Waals surface area (Å²) in [6, 6.07) is 13.2. The van der Waals surface area contributed by atoms with Crippen LogP contribution in [0.3, 0.4) is 0 Å². The number of allylic oxidation sites excluding steroid dienone is 1. The molecule has 106 valence electrons. The van der Waals surface area contributed by atoms with Crippen molar-refractivity contribution in [1.29, 1.82) is 5.26 Å². The number of nitrogens with zero attached hydrogens (tertiary/aromatic N) is 1. The average molecular weight is 428 g/mol. The number of nitriles is 1. The molecule has 2 nitrogen and oxygen atoms in total. The monoisotopic (exact) mass is 425 g/mol. The van der Waals surface area contributed by atoms with Gasteiger partial charge in [-0.05, 0) is 73.3 Å². The number of benzene rings is 2. The summed E-state index contributed by atoms with van der Waals surface area (Å²) in [6.45, 7) is 0. The van der Waals surface area contributed by atoms with Gasteiger partial charge in [0, 0.05) is 5.02 Å². The lowest BCUT2D eigenvalue weighted by molar-refractivity contribution is 0.409. The minimum Gasteiger partial charge on any atom is -0.494 e. The van der Waals surface area contributed by atoms with E-state index in [4.69, 9.17) is 16.3 Å². The Morgan fingerprint density at radius 2 is 1.76 bits per heavy atom. The highest BCUT2D eigenvalue weighted by Gasteiger charge is 2.08. The van der Waals surface area contributed by atoms with Gasteiger partial charge in [-0.3, -0.25) is 0 Å². The van der Waals surface area contributed by atoms with E-state index in [1.165, 1.54) is 0 Å². The lowest BCUT2D eigenvalue weighted by Crippen LogP contribution is -1.88. The molecule has 21 heavy (non-hydrogen) atoms. The van der Waals surface area contributed by atoms with E-state index in [9.17, 15) is 5.26 Å². The molecule has 5 heteroatoms. The number of halogens is 3. The van der Waals surface area contributed by atoms with Crippen LogP contribution in [0, 0.1) is 11.3 Å². The van der Waals surface area contributed by atoms with Gasteiger partial charge in [0.05, 0.1) is 27.7 Å². The van der Waals surface area contributed by atoms with Crippen molar-refractivity contribution < 1.29 is 4.74 Å². The average Bonchev–Trinajstić information content (AvgIpc) is 2.45. The molecule has 2 aromatic carbocycles. The number of ether oxygens (including phenoxy) is 1. The molecule has 2 rings (SSSR count). The Morgan fingerprint density at radius 3 is 2.24 bits per heavy atom. The van der Waals surface area contributed by atoms with Gasteiger partial charge in [0.15, 0.2) is 0 Å². The standard InChI is InChI=1S/C16H10Br2ClNO/c1-21-16-14(17)7-10(8-15(16)18)6-12(9-20)11-2-4-13(19)5-3-11/h2-8H,1H3/b12-6+. The second kappa shape index (κ2) is 7.13. The van der Waals surface area contributed by atoms with Crippen molar-refractivity contribution in [3.05, 3.63) is 61.5 Å². The second-order valence-corrected chi connectivity index (χ2v) is 6.34. The topological polar surface area (TPSA) is 33.0 Å². The zero-order chi connectivity index (χ0) is 15.4. The van der Waals surface area contributed by atoms with Crippen LogP contribution in [0.1, 0.15) is 11.1 Å². The first-order valence-corrected chi connectivity index (χ1v) is 7.92. The first-order chi connectivity index (χ1) is 10.0. The van der Waals surface area contributed by atoms with Crippen molar-refractivity contribution in [3.63, 3.8) is 0 Å². The van der Waals surface area contributed by atoms with Crippen LogP contribution in [-0.2, 0) is 0 Å². The Balaban J connectivity index is 2.46. The van der Waals surface area contributed by atoms with E-state index in [1.807, 2.05) is 30.3 Å². The third-order valence-electron chi connectivity index (χ3n) is 2.81. The lowest BCUT2D eigenvalue weighted by atomic mass is 10.0. The zero-order valence-electron chi connectivity index (χ0n) is 11.0. The van der Waals surface area contributed by atoms with Gasteiger partial charge in [0.1, 0.15) is 5.75 Å². The Kier molecular flexibility index (Phi) is 5.46. The Hall–Kier alpha value is -1.28. The second-order valence-electron chi connectivity index (χ2n) is 4.19. The minimum atomic E-state index is 0.565. The lowest BCUT2D eigenvalue weighted by Gasteiger charge is -2.07. The van der Waals surface area contributed by atoms with Crippen molar-refractivity contribution in [2.24, 2.45) is 0 Å². The van der Waals surface area contributed by atoms with E-state index in [2.05, 4.69) is 37.9 Å². The van der Waals surface area contributed by atoms with Gasteiger partial charge in [0.25, 0.3) is 0 Å². The van der Waals surface area contributed by atoms with E-state index >= 15 is 0 Å². The molecule has 0 saturated heterocycles. The Bertz CT molecular complexity index is 710. The molecule has 0 amide bonds. The molecule has 0 saturated carbocycles. The smallest absolute Gasteiger partial charge is 0.147 e. The van der Waals surface area contributed by atoms with Gasteiger partial charge >= 0.3 is 0 Å². The summed E-state index contributed by atoms with van der Waals surface area (Å²) in [5, 5.41) is 9.99. The van der Waals surface area contributed by atoms with Crippen LogP contribution >= 0.6 is 43.5 Å². The molecule has 0 heterocycles. The fourth-order valence-corrected chi connectivity index (χ4v) is 3.51. The van der Waals surface area contributed by atoms with Gasteiger partial charge in [0.2, 0.25) is 0 Å². The van der Waals surface area contributed by atoms with Crippen molar-refractivity contribution >= 4 is 55.1 Å². The van der Waals surface area contributed by atoms with E-state index in [1.54, 1.807) is 19.2 Å². The summed E-state index contributed by atoms with van der Waals surface area (Å²) in [6.07, 6.45) is 1.82. The molecule has 0 N–H and O–H groups in total. The van der Waals surface area contributed by atoms with Crippen LogP contribution in [0.2, 0.25) is 5.02 Å². The number of hydrogen-bond acceptors (Lipinski definition) is 2. The summed E-state index contributed by atoms with van der Waals surface area (Å²) >= 11 is 12.8. The fraction of sp³-hybridized carbons (Fsp3) is 0.0625. The normalized spacial score (nSPS) is 11.1. The molecule has 0 aromatic heterocycles. The molecule has 0 aliphatic heterocycles. The van der Waals surface area contributed by atoms with Gasteiger partial charge in [-0.1, -0.05) is 23.7 Å². The first-order valence-electron chi connectivity index (χ1n) is 5.96. The minimum absolute atomic E-state index is 0.565. The molecule has 0 radical (unpaired) electrons. The maximum absolute atomic E-state index is 9.35. The summed E-state index contributed by atoms with van der Waals surface area (Å²) < 4.78 is 6.90. The molecule has 0 atom stereocenters. The summed E-state index contributed by atoms with van der Waals surface area (Å²) in [4.78, 5) is 0. The zero-order valence-corrected chi connectivity index (χ0v) is 15.0. The van der Waals surface area contributed by atoms with E-state index in [0.29, 0.717) is 10.6 Å². The van der Waals surface area contributed by atoms with Crippen LogP contribution in [0.5, 0.6) is 5.75 Å². The van der Waals surface area contributed by atoms with Crippen molar-refractivity contribution in [2.75, 3.05) is 7.11 Å². The van der Waals surface area contributed by atoms with Gasteiger partial charge < -0.3 is 4.74 Å². The van der Waals surface area contributed by atoms with Gasteiger partial charge in [-0.15, -0.1) is 0 Å². The highest BCUT2D eigenvalue weighted by Crippen LogP contribution is 2.35. The van der Waals surface area contributed by atoms with Gasteiger partial charge in [-0.2, -0.15) is 5.26 Å². The SMILES string of the molecule is COc1c(Br)cc(/C=C(\C#N)c2ccc(Cl)cc2)cc1Br. The molecule has 2 aromatic rings. The number of rotatable bonds is 3. The quantitative estimate of drug-likeness (QED) is 0.449. The molecular weight excluding hydrogens is 417 g/mol. The van der Waals surface area contributed by atoms with Crippen LogP contribution in [0.15, 0.2) is 45.3 Å². The maximum Gasteiger partial charge on any atom is 0.147 e. The summed E-state index contributed by atoms with van der Waals surface area (Å²) in [5.74, 6) is 0.720. The number of methoxy groups -OCH3 is 1. The fourth-order valence-electron chi connectivity index (χ4n) is 1.83. The third kappa shape index (κ3) is 3.88. The maximum atomic E-state index is 9.35. The Morgan fingerprint density at radius 1 is 1.19 bits per heavy atom. The van der Waals surface area contributed by atoms with Crippen molar-refractivity contribution in [2.45, 2.75) is 0 Å². The first kappa shape index (κ1) is 16.1. The van der Waals surface area contributed by atoms with Gasteiger partial charge in [-0.25, -0.2) is 0 Å². The molecular formula is C16H10Br2ClNO. The molecule has 0 fully saturated rings.